The predicted molar refractivity (Wildman–Crippen MR) is 221 cm³/mol. The number of nitrogens with one attached hydrogen (secondary N) is 1. The molecule has 1 aliphatic rings. The van der Waals surface area contributed by atoms with Crippen LogP contribution in [0.4, 0.5) is 8.78 Å². The van der Waals surface area contributed by atoms with Gasteiger partial charge in [0.1, 0.15) is 11.6 Å². The molecule has 8 rings (SSSR count). The van der Waals surface area contributed by atoms with Gasteiger partial charge in [-0.25, -0.2) is 8.78 Å². The quantitative estimate of drug-likeness (QED) is 0.157. The zero-order valence-electron chi connectivity index (χ0n) is 32.8. The van der Waals surface area contributed by atoms with Gasteiger partial charge in [0, 0.05) is 68.2 Å². The monoisotopic (exact) mass is 750 g/mol. The Labute approximate surface area is 327 Å². The highest BCUT2D eigenvalue weighted by Crippen LogP contribution is 2.39. The number of rotatable bonds is 8. The summed E-state index contributed by atoms with van der Waals surface area (Å²) in [6.45, 7) is 12.6. The second-order valence-electron chi connectivity index (χ2n) is 15.0. The molecule has 4 atom stereocenters. The maximum absolute atomic E-state index is 13.3. The molecule has 8 heteroatoms. The zero-order valence-corrected chi connectivity index (χ0v) is 32.8. The van der Waals surface area contributed by atoms with Gasteiger partial charge in [0.25, 0.3) is 0 Å². The van der Waals surface area contributed by atoms with E-state index in [4.69, 9.17) is 0 Å². The minimum absolute atomic E-state index is 0.0141. The average Bonchev–Trinajstić information content (AvgIpc) is 3.68. The molecular weight excluding hydrogens is 703 g/mol. The van der Waals surface area contributed by atoms with Gasteiger partial charge >= 0.3 is 0 Å². The van der Waals surface area contributed by atoms with E-state index in [-0.39, 0.29) is 41.3 Å². The Balaban J connectivity index is 0.000000172. The van der Waals surface area contributed by atoms with Crippen LogP contribution in [0.2, 0.25) is 0 Å². The highest BCUT2D eigenvalue weighted by atomic mass is 19.1. The van der Waals surface area contributed by atoms with Crippen molar-refractivity contribution in [1.29, 1.82) is 0 Å². The summed E-state index contributed by atoms with van der Waals surface area (Å²) in [5.41, 5.74) is 9.68. The molecule has 56 heavy (non-hydrogen) atoms. The minimum atomic E-state index is -0.264. The largest absolute Gasteiger partial charge is 0.341 e. The third-order valence-electron chi connectivity index (χ3n) is 11.6. The van der Waals surface area contributed by atoms with Crippen molar-refractivity contribution in [1.82, 2.24) is 19.4 Å². The van der Waals surface area contributed by atoms with Crippen LogP contribution in [0.3, 0.4) is 0 Å². The van der Waals surface area contributed by atoms with Gasteiger partial charge < -0.3 is 14.5 Å². The fraction of sp³-hybridized carbons (Fsp3) is 0.271. The topological polar surface area (TPSA) is 68.9 Å². The third kappa shape index (κ3) is 7.46. The van der Waals surface area contributed by atoms with E-state index in [0.29, 0.717) is 5.92 Å². The molecule has 0 aliphatic carbocycles. The van der Waals surface area contributed by atoms with Gasteiger partial charge in [0.2, 0.25) is 0 Å². The first-order valence-electron chi connectivity index (χ1n) is 19.4. The lowest BCUT2D eigenvalue weighted by molar-refractivity contribution is 0.100. The summed E-state index contributed by atoms with van der Waals surface area (Å²) in [7, 11) is 0. The standard InChI is InChI=1S/C24H27FN2O.C24H21FN2O/c2*1-15(19-12-13-26-22(14-19)18-8-10-20(25)11-9-18)27-16(2)24(17(3)28)21-6-4-5-7-23(21)27/h4-11,15,19,22,26H,12-14H2,1-3H3;4-15H,1-3H3. The van der Waals surface area contributed by atoms with Crippen molar-refractivity contribution in [3.8, 4) is 11.3 Å². The molecule has 1 fully saturated rings. The summed E-state index contributed by atoms with van der Waals surface area (Å²) >= 11 is 0. The molecule has 4 heterocycles. The first-order valence-corrected chi connectivity index (χ1v) is 19.4. The molecule has 0 amide bonds. The summed E-state index contributed by atoms with van der Waals surface area (Å²) in [4.78, 5) is 29.0. The first-order chi connectivity index (χ1) is 26.9. The van der Waals surface area contributed by atoms with E-state index in [9.17, 15) is 18.4 Å². The van der Waals surface area contributed by atoms with E-state index >= 15 is 0 Å². The van der Waals surface area contributed by atoms with Crippen LogP contribution in [0.1, 0.15) is 102 Å². The van der Waals surface area contributed by atoms with Gasteiger partial charge in [0.15, 0.2) is 11.6 Å². The van der Waals surface area contributed by atoms with Crippen molar-refractivity contribution >= 4 is 33.4 Å². The lowest BCUT2D eigenvalue weighted by Crippen LogP contribution is -2.35. The van der Waals surface area contributed by atoms with Crippen LogP contribution in [0.5, 0.6) is 0 Å². The summed E-state index contributed by atoms with van der Waals surface area (Å²) < 4.78 is 31.1. The molecule has 1 aliphatic heterocycles. The van der Waals surface area contributed by atoms with E-state index in [1.54, 1.807) is 32.2 Å². The first kappa shape index (κ1) is 38.5. The Hall–Kier alpha value is -5.73. The Bertz CT molecular complexity index is 2530. The number of aromatic nitrogens is 3. The van der Waals surface area contributed by atoms with Crippen molar-refractivity contribution in [3.63, 3.8) is 0 Å². The number of halogens is 2. The Morgan fingerprint density at radius 3 is 1.86 bits per heavy atom. The second kappa shape index (κ2) is 16.2. The molecule has 4 unspecified atom stereocenters. The van der Waals surface area contributed by atoms with E-state index in [1.807, 2.05) is 73.7 Å². The maximum Gasteiger partial charge on any atom is 0.162 e. The SMILES string of the molecule is CC(=O)c1c(C)n(C(C)C2CCNC(c3ccc(F)cc3)C2)c2ccccc12.CC(=O)c1c(C)n(C(C)c2ccnc(-c3ccc(F)cc3)c2)c2ccccc12. The van der Waals surface area contributed by atoms with Gasteiger partial charge in [-0.3, -0.25) is 14.6 Å². The second-order valence-corrected chi connectivity index (χ2v) is 15.0. The highest BCUT2D eigenvalue weighted by Gasteiger charge is 2.30. The van der Waals surface area contributed by atoms with Crippen LogP contribution in [-0.2, 0) is 0 Å². The number of fused-ring (bicyclic) bond motifs is 2. The summed E-state index contributed by atoms with van der Waals surface area (Å²) in [5.74, 6) is 0.205. The number of para-hydroxylation sites is 2. The molecule has 1 saturated heterocycles. The predicted octanol–water partition coefficient (Wildman–Crippen LogP) is 11.6. The number of piperidine rings is 1. The summed E-state index contributed by atoms with van der Waals surface area (Å²) in [6, 6.07) is 33.9. The Morgan fingerprint density at radius 2 is 1.27 bits per heavy atom. The van der Waals surface area contributed by atoms with Crippen LogP contribution < -0.4 is 5.32 Å². The molecule has 3 aromatic heterocycles. The van der Waals surface area contributed by atoms with E-state index in [1.165, 1.54) is 24.3 Å². The molecule has 1 N–H and O–H groups in total. The fourth-order valence-electron chi connectivity index (χ4n) is 8.87. The Morgan fingerprint density at radius 1 is 0.732 bits per heavy atom. The van der Waals surface area contributed by atoms with Crippen LogP contribution >= 0.6 is 0 Å². The zero-order chi connectivity index (χ0) is 39.7. The van der Waals surface area contributed by atoms with Crippen LogP contribution in [0.25, 0.3) is 33.1 Å². The summed E-state index contributed by atoms with van der Waals surface area (Å²) in [5, 5.41) is 5.60. The van der Waals surface area contributed by atoms with Crippen molar-refractivity contribution in [2.45, 2.75) is 72.5 Å². The van der Waals surface area contributed by atoms with E-state index < -0.39 is 0 Å². The van der Waals surface area contributed by atoms with Crippen molar-refractivity contribution < 1.29 is 18.4 Å². The normalized spacial score (nSPS) is 16.6. The van der Waals surface area contributed by atoms with Gasteiger partial charge in [0.05, 0.1) is 11.7 Å². The molecule has 286 valence electrons. The molecule has 0 spiro atoms. The van der Waals surface area contributed by atoms with Gasteiger partial charge in [-0.2, -0.15) is 0 Å². The van der Waals surface area contributed by atoms with Gasteiger partial charge in [-0.05, 0) is 139 Å². The van der Waals surface area contributed by atoms with Crippen molar-refractivity contribution in [2.75, 3.05) is 6.54 Å². The number of carbonyl (C=O) groups is 2. The van der Waals surface area contributed by atoms with Crippen LogP contribution in [0, 0.1) is 31.4 Å². The molecule has 0 saturated carbocycles. The smallest absolute Gasteiger partial charge is 0.162 e. The molecular formula is C48H48F2N4O2. The molecule has 4 aromatic carbocycles. The van der Waals surface area contributed by atoms with E-state index in [2.05, 4.69) is 46.3 Å². The number of pyridine rings is 1. The van der Waals surface area contributed by atoms with Crippen LogP contribution in [-0.4, -0.2) is 32.2 Å². The van der Waals surface area contributed by atoms with E-state index in [0.717, 1.165) is 86.1 Å². The third-order valence-corrected chi connectivity index (χ3v) is 11.6. The molecule has 0 bridgehead atoms. The number of carbonyl (C=O) groups excluding carboxylic acids is 2. The maximum atomic E-state index is 13.3. The average molecular weight is 751 g/mol. The molecule has 6 nitrogen and oxygen atoms in total. The van der Waals surface area contributed by atoms with Crippen molar-refractivity contribution in [2.24, 2.45) is 5.92 Å². The molecule has 7 aromatic rings. The summed E-state index contributed by atoms with van der Waals surface area (Å²) in [6.07, 6.45) is 3.85. The number of nitrogens with zero attached hydrogens (tertiary/aromatic N) is 3. The Kier molecular flexibility index (Phi) is 11.1. The lowest BCUT2D eigenvalue weighted by atomic mass is 9.84. The lowest BCUT2D eigenvalue weighted by Gasteiger charge is -2.35. The number of ketones is 2. The van der Waals surface area contributed by atoms with Crippen molar-refractivity contribution in [3.05, 3.63) is 161 Å². The fourth-order valence-corrected chi connectivity index (χ4v) is 8.87. The number of benzene rings is 4. The van der Waals surface area contributed by atoms with Gasteiger partial charge in [-0.1, -0.05) is 48.5 Å². The minimum Gasteiger partial charge on any atom is -0.341 e. The molecule has 0 radical (unpaired) electrons. The highest BCUT2D eigenvalue weighted by molar-refractivity contribution is 6.09. The number of hydrogen-bond donors (Lipinski definition) is 1. The van der Waals surface area contributed by atoms with Crippen LogP contribution in [0.15, 0.2) is 115 Å². The van der Waals surface area contributed by atoms with Gasteiger partial charge in [-0.15, -0.1) is 0 Å². The number of Topliss-reactive ketones (excluding diaryl/α,β-unsaturated/α-hetero) is 2. The number of hydrogen-bond acceptors (Lipinski definition) is 4.